The standard InChI is InChI=1S/C13H15NO/c1-11-5-7-13(2,8-6-11)15-12-4-3-9-14-10-12/h3-7,9-10H,8H2,1-2H3. The van der Waals surface area contributed by atoms with E-state index in [1.54, 1.807) is 12.4 Å². The summed E-state index contributed by atoms with van der Waals surface area (Å²) in [4.78, 5) is 4.03. The van der Waals surface area contributed by atoms with Gasteiger partial charge in [-0.2, -0.15) is 0 Å². The number of ether oxygens (including phenoxy) is 1. The summed E-state index contributed by atoms with van der Waals surface area (Å²) in [6.07, 6.45) is 10.8. The normalized spacial score (nSPS) is 24.8. The Bertz CT molecular complexity index is 394. The van der Waals surface area contributed by atoms with Crippen LogP contribution in [0.25, 0.3) is 0 Å². The molecule has 1 atom stereocenters. The Morgan fingerprint density at radius 3 is 2.93 bits per heavy atom. The van der Waals surface area contributed by atoms with Gasteiger partial charge in [0.05, 0.1) is 6.20 Å². The largest absolute Gasteiger partial charge is 0.482 e. The molecule has 0 bridgehead atoms. The van der Waals surface area contributed by atoms with E-state index >= 15 is 0 Å². The summed E-state index contributed by atoms with van der Waals surface area (Å²) in [6, 6.07) is 3.81. The second kappa shape index (κ2) is 3.89. The molecule has 0 aromatic carbocycles. The number of hydrogen-bond acceptors (Lipinski definition) is 2. The first kappa shape index (κ1) is 9.97. The van der Waals surface area contributed by atoms with Crippen molar-refractivity contribution in [2.75, 3.05) is 0 Å². The van der Waals surface area contributed by atoms with Crippen LogP contribution in [0.4, 0.5) is 0 Å². The van der Waals surface area contributed by atoms with E-state index in [-0.39, 0.29) is 5.60 Å². The third-order valence-corrected chi connectivity index (χ3v) is 2.51. The second-order valence-corrected chi connectivity index (χ2v) is 4.09. The smallest absolute Gasteiger partial charge is 0.138 e. The highest BCUT2D eigenvalue weighted by Gasteiger charge is 2.23. The van der Waals surface area contributed by atoms with Crippen LogP contribution in [0.2, 0.25) is 0 Å². The highest BCUT2D eigenvalue weighted by atomic mass is 16.5. The van der Waals surface area contributed by atoms with E-state index in [1.165, 1.54) is 5.57 Å². The quantitative estimate of drug-likeness (QED) is 0.733. The fourth-order valence-corrected chi connectivity index (χ4v) is 1.56. The van der Waals surface area contributed by atoms with Gasteiger partial charge in [-0.25, -0.2) is 0 Å². The van der Waals surface area contributed by atoms with Crippen LogP contribution in [-0.4, -0.2) is 10.6 Å². The van der Waals surface area contributed by atoms with Crippen molar-refractivity contribution in [1.29, 1.82) is 0 Å². The van der Waals surface area contributed by atoms with Crippen LogP contribution in [0.5, 0.6) is 5.75 Å². The van der Waals surface area contributed by atoms with E-state index in [4.69, 9.17) is 4.74 Å². The fraction of sp³-hybridized carbons (Fsp3) is 0.308. The average Bonchev–Trinajstić information content (AvgIpc) is 2.24. The lowest BCUT2D eigenvalue weighted by molar-refractivity contribution is 0.142. The molecule has 15 heavy (non-hydrogen) atoms. The van der Waals surface area contributed by atoms with Crippen LogP contribution in [0.15, 0.2) is 48.3 Å². The molecule has 0 N–H and O–H groups in total. The molecule has 0 saturated carbocycles. The summed E-state index contributed by atoms with van der Waals surface area (Å²) >= 11 is 0. The van der Waals surface area contributed by atoms with Crippen LogP contribution in [-0.2, 0) is 0 Å². The van der Waals surface area contributed by atoms with Gasteiger partial charge >= 0.3 is 0 Å². The van der Waals surface area contributed by atoms with Gasteiger partial charge in [0.25, 0.3) is 0 Å². The van der Waals surface area contributed by atoms with Gasteiger partial charge in [-0.15, -0.1) is 0 Å². The molecule has 1 aliphatic carbocycles. The van der Waals surface area contributed by atoms with E-state index in [2.05, 4.69) is 37.1 Å². The van der Waals surface area contributed by atoms with Crippen molar-refractivity contribution < 1.29 is 4.74 Å². The minimum atomic E-state index is -0.234. The number of nitrogens with zero attached hydrogens (tertiary/aromatic N) is 1. The van der Waals surface area contributed by atoms with E-state index in [9.17, 15) is 0 Å². The molecule has 0 spiro atoms. The van der Waals surface area contributed by atoms with Gasteiger partial charge in [0, 0.05) is 12.6 Å². The highest BCUT2D eigenvalue weighted by molar-refractivity contribution is 5.28. The van der Waals surface area contributed by atoms with Crippen LogP contribution >= 0.6 is 0 Å². The Morgan fingerprint density at radius 1 is 1.47 bits per heavy atom. The Morgan fingerprint density at radius 2 is 2.33 bits per heavy atom. The van der Waals surface area contributed by atoms with Crippen molar-refractivity contribution >= 4 is 0 Å². The summed E-state index contributed by atoms with van der Waals surface area (Å²) in [5, 5.41) is 0. The predicted molar refractivity (Wildman–Crippen MR) is 60.8 cm³/mol. The van der Waals surface area contributed by atoms with Crippen LogP contribution < -0.4 is 4.74 Å². The molecule has 1 aliphatic rings. The molecule has 0 saturated heterocycles. The molecule has 1 aromatic rings. The van der Waals surface area contributed by atoms with E-state index in [0.717, 1.165) is 12.2 Å². The number of rotatable bonds is 2. The fourth-order valence-electron chi connectivity index (χ4n) is 1.56. The molecule has 78 valence electrons. The summed E-state index contributed by atoms with van der Waals surface area (Å²) in [5.74, 6) is 0.817. The molecule has 2 nitrogen and oxygen atoms in total. The molecule has 0 fully saturated rings. The van der Waals surface area contributed by atoms with Gasteiger partial charge < -0.3 is 4.74 Å². The average molecular weight is 201 g/mol. The van der Waals surface area contributed by atoms with Crippen LogP contribution in [0, 0.1) is 0 Å². The van der Waals surface area contributed by atoms with Gasteiger partial charge in [0.2, 0.25) is 0 Å². The Kier molecular flexibility index (Phi) is 2.58. The summed E-state index contributed by atoms with van der Waals surface area (Å²) < 4.78 is 5.90. The Labute approximate surface area is 90.3 Å². The number of pyridine rings is 1. The van der Waals surface area contributed by atoms with Gasteiger partial charge in [-0.1, -0.05) is 17.7 Å². The van der Waals surface area contributed by atoms with Crippen molar-refractivity contribution in [2.24, 2.45) is 0 Å². The number of hydrogen-bond donors (Lipinski definition) is 0. The van der Waals surface area contributed by atoms with Gasteiger partial charge in [-0.05, 0) is 32.1 Å². The Hall–Kier alpha value is -1.57. The maximum absolute atomic E-state index is 5.90. The van der Waals surface area contributed by atoms with E-state index in [0.29, 0.717) is 0 Å². The molecule has 1 heterocycles. The zero-order chi connectivity index (χ0) is 10.7. The third-order valence-electron chi connectivity index (χ3n) is 2.51. The van der Waals surface area contributed by atoms with Crippen molar-refractivity contribution in [3.8, 4) is 5.75 Å². The highest BCUT2D eigenvalue weighted by Crippen LogP contribution is 2.26. The van der Waals surface area contributed by atoms with E-state index < -0.39 is 0 Å². The Balaban J connectivity index is 2.10. The molecule has 1 unspecified atom stereocenters. The minimum absolute atomic E-state index is 0.234. The molecule has 0 aliphatic heterocycles. The van der Waals surface area contributed by atoms with E-state index in [1.807, 2.05) is 12.1 Å². The first-order valence-electron chi connectivity index (χ1n) is 5.13. The summed E-state index contributed by atoms with van der Waals surface area (Å²) in [6.45, 7) is 4.18. The monoisotopic (exact) mass is 201 g/mol. The topological polar surface area (TPSA) is 22.1 Å². The third kappa shape index (κ3) is 2.46. The second-order valence-electron chi connectivity index (χ2n) is 4.09. The number of allylic oxidation sites excluding steroid dienone is 2. The molecular formula is C13H15NO. The zero-order valence-corrected chi connectivity index (χ0v) is 9.10. The number of aromatic nitrogens is 1. The van der Waals surface area contributed by atoms with Crippen molar-refractivity contribution in [3.63, 3.8) is 0 Å². The predicted octanol–water partition coefficient (Wildman–Crippen LogP) is 3.13. The van der Waals surface area contributed by atoms with Gasteiger partial charge in [0.1, 0.15) is 11.4 Å². The minimum Gasteiger partial charge on any atom is -0.482 e. The SMILES string of the molecule is CC1=CCC(C)(Oc2cccnc2)C=C1. The lowest BCUT2D eigenvalue weighted by atomic mass is 9.94. The molecule has 1 aromatic heterocycles. The van der Waals surface area contributed by atoms with Gasteiger partial charge in [0.15, 0.2) is 0 Å². The van der Waals surface area contributed by atoms with Crippen molar-refractivity contribution in [1.82, 2.24) is 4.98 Å². The first-order chi connectivity index (χ1) is 7.18. The first-order valence-corrected chi connectivity index (χ1v) is 5.13. The van der Waals surface area contributed by atoms with Crippen molar-refractivity contribution in [3.05, 3.63) is 48.3 Å². The van der Waals surface area contributed by atoms with Crippen molar-refractivity contribution in [2.45, 2.75) is 25.9 Å². The maximum atomic E-state index is 5.90. The molecular weight excluding hydrogens is 186 g/mol. The lowest BCUT2D eigenvalue weighted by Crippen LogP contribution is -2.30. The summed E-state index contributed by atoms with van der Waals surface area (Å²) in [5.41, 5.74) is 1.06. The molecule has 0 amide bonds. The van der Waals surface area contributed by atoms with Gasteiger partial charge in [-0.3, -0.25) is 4.98 Å². The molecule has 0 radical (unpaired) electrons. The summed E-state index contributed by atoms with van der Waals surface area (Å²) in [7, 11) is 0. The zero-order valence-electron chi connectivity index (χ0n) is 9.10. The maximum Gasteiger partial charge on any atom is 0.138 e. The molecule has 2 heteroatoms. The van der Waals surface area contributed by atoms with Crippen LogP contribution in [0.3, 0.4) is 0 Å². The lowest BCUT2D eigenvalue weighted by Gasteiger charge is -2.28. The van der Waals surface area contributed by atoms with Crippen LogP contribution in [0.1, 0.15) is 20.3 Å². The molecule has 2 rings (SSSR count).